The maximum absolute atomic E-state index is 6.02. The molecule has 0 amide bonds. The molecule has 1 aromatic carbocycles. The van der Waals surface area contributed by atoms with E-state index in [1.165, 1.54) is 44.1 Å². The van der Waals surface area contributed by atoms with Crippen LogP contribution in [0.25, 0.3) is 0 Å². The van der Waals surface area contributed by atoms with E-state index in [1.54, 1.807) is 0 Å². The average Bonchev–Trinajstić information content (AvgIpc) is 2.57. The third-order valence-electron chi connectivity index (χ3n) is 3.81. The second kappa shape index (κ2) is 7.16. The molecule has 1 unspecified atom stereocenters. The van der Waals surface area contributed by atoms with Crippen molar-refractivity contribution in [1.82, 2.24) is 5.32 Å². The van der Waals surface area contributed by atoms with Crippen LogP contribution in [0.5, 0.6) is 0 Å². The van der Waals surface area contributed by atoms with E-state index in [-0.39, 0.29) is 0 Å². The molecule has 1 aromatic rings. The first-order valence-electron chi connectivity index (χ1n) is 7.24. The summed E-state index contributed by atoms with van der Waals surface area (Å²) in [5, 5.41) is 4.63. The lowest BCUT2D eigenvalue weighted by atomic mass is 10.0. The quantitative estimate of drug-likeness (QED) is 0.786. The molecule has 1 atom stereocenters. The lowest BCUT2D eigenvalue weighted by molar-refractivity contribution is 0.406. The topological polar surface area (TPSA) is 12.0 Å². The molecular weight excluding hydrogens is 242 g/mol. The van der Waals surface area contributed by atoms with Crippen molar-refractivity contribution in [2.45, 2.75) is 64.0 Å². The number of rotatable bonds is 4. The Hall–Kier alpha value is -0.530. The predicted octanol–water partition coefficient (Wildman–Crippen LogP) is 4.58. The van der Waals surface area contributed by atoms with Gasteiger partial charge in [0.2, 0.25) is 0 Å². The minimum Gasteiger partial charge on any atom is -0.311 e. The van der Waals surface area contributed by atoms with Gasteiger partial charge in [0.25, 0.3) is 0 Å². The van der Waals surface area contributed by atoms with Gasteiger partial charge in [-0.1, -0.05) is 49.4 Å². The third-order valence-corrected chi connectivity index (χ3v) is 4.04. The lowest BCUT2D eigenvalue weighted by Crippen LogP contribution is -2.37. The van der Waals surface area contributed by atoms with Crippen molar-refractivity contribution in [3.05, 3.63) is 34.9 Å². The molecule has 1 nitrogen and oxygen atoms in total. The van der Waals surface area contributed by atoms with Gasteiger partial charge in [0.15, 0.2) is 0 Å². The van der Waals surface area contributed by atoms with E-state index in [0.717, 1.165) is 17.5 Å². The Morgan fingerprint density at radius 1 is 1.22 bits per heavy atom. The van der Waals surface area contributed by atoms with Gasteiger partial charge >= 0.3 is 0 Å². The predicted molar refractivity (Wildman–Crippen MR) is 79.2 cm³/mol. The summed E-state index contributed by atoms with van der Waals surface area (Å²) in [6, 6.07) is 9.47. The van der Waals surface area contributed by atoms with Gasteiger partial charge in [-0.15, -0.1) is 0 Å². The summed E-state index contributed by atoms with van der Waals surface area (Å²) >= 11 is 6.02. The van der Waals surface area contributed by atoms with Crippen LogP contribution in [0.3, 0.4) is 0 Å². The summed E-state index contributed by atoms with van der Waals surface area (Å²) in [7, 11) is 0. The third kappa shape index (κ3) is 4.62. The summed E-state index contributed by atoms with van der Waals surface area (Å²) in [4.78, 5) is 0. The van der Waals surface area contributed by atoms with E-state index in [2.05, 4.69) is 24.4 Å². The van der Waals surface area contributed by atoms with E-state index in [9.17, 15) is 0 Å². The Kier molecular flexibility index (Phi) is 5.52. The van der Waals surface area contributed by atoms with Crippen LogP contribution in [0.4, 0.5) is 0 Å². The van der Waals surface area contributed by atoms with Crippen molar-refractivity contribution in [1.29, 1.82) is 0 Å². The molecule has 1 fully saturated rings. The zero-order valence-corrected chi connectivity index (χ0v) is 12.0. The van der Waals surface area contributed by atoms with Crippen LogP contribution in [0.2, 0.25) is 5.02 Å². The summed E-state index contributed by atoms with van der Waals surface area (Å²) in [5.41, 5.74) is 1.33. The van der Waals surface area contributed by atoms with Gasteiger partial charge in [0.1, 0.15) is 0 Å². The Morgan fingerprint density at radius 2 is 1.94 bits per heavy atom. The van der Waals surface area contributed by atoms with Gasteiger partial charge in [-0.25, -0.2) is 0 Å². The van der Waals surface area contributed by atoms with Crippen molar-refractivity contribution in [3.63, 3.8) is 0 Å². The summed E-state index contributed by atoms with van der Waals surface area (Å²) in [6.45, 7) is 2.28. The minimum atomic E-state index is 0.534. The second-order valence-electron chi connectivity index (χ2n) is 5.59. The molecule has 0 heterocycles. The maximum Gasteiger partial charge on any atom is 0.0408 e. The first-order chi connectivity index (χ1) is 8.74. The number of hydrogen-bond acceptors (Lipinski definition) is 1. The monoisotopic (exact) mass is 265 g/mol. The van der Waals surface area contributed by atoms with E-state index >= 15 is 0 Å². The smallest absolute Gasteiger partial charge is 0.0408 e. The van der Waals surface area contributed by atoms with Crippen molar-refractivity contribution in [2.75, 3.05) is 0 Å². The van der Waals surface area contributed by atoms with Crippen molar-refractivity contribution in [3.8, 4) is 0 Å². The summed E-state index contributed by atoms with van der Waals surface area (Å²) in [5.74, 6) is 0. The van der Waals surface area contributed by atoms with E-state index in [0.29, 0.717) is 6.04 Å². The van der Waals surface area contributed by atoms with Crippen molar-refractivity contribution in [2.24, 2.45) is 0 Å². The first kappa shape index (κ1) is 13.9. The van der Waals surface area contributed by atoms with Gasteiger partial charge in [0, 0.05) is 17.1 Å². The second-order valence-corrected chi connectivity index (χ2v) is 6.03. The van der Waals surface area contributed by atoms with Gasteiger partial charge in [-0.3, -0.25) is 0 Å². The molecule has 0 bridgehead atoms. The van der Waals surface area contributed by atoms with Crippen LogP contribution in [0.1, 0.15) is 51.0 Å². The largest absolute Gasteiger partial charge is 0.311 e. The zero-order chi connectivity index (χ0) is 12.8. The highest BCUT2D eigenvalue weighted by Gasteiger charge is 2.14. The Balaban J connectivity index is 1.82. The Bertz CT molecular complexity index is 356. The molecule has 1 saturated carbocycles. The molecule has 1 aliphatic carbocycles. The highest BCUT2D eigenvalue weighted by molar-refractivity contribution is 6.30. The van der Waals surface area contributed by atoms with Crippen LogP contribution < -0.4 is 5.32 Å². The van der Waals surface area contributed by atoms with Gasteiger partial charge in [-0.2, -0.15) is 0 Å². The highest BCUT2D eigenvalue weighted by atomic mass is 35.5. The fourth-order valence-electron chi connectivity index (χ4n) is 2.92. The number of nitrogens with one attached hydrogen (secondary N) is 1. The summed E-state index contributed by atoms with van der Waals surface area (Å²) < 4.78 is 0. The van der Waals surface area contributed by atoms with Crippen molar-refractivity contribution < 1.29 is 0 Å². The van der Waals surface area contributed by atoms with Crippen molar-refractivity contribution >= 4 is 11.6 Å². The molecule has 0 radical (unpaired) electrons. The maximum atomic E-state index is 6.02. The van der Waals surface area contributed by atoms with Gasteiger partial charge in [-0.05, 0) is 43.9 Å². The molecule has 0 aliphatic heterocycles. The van der Waals surface area contributed by atoms with Crippen LogP contribution in [-0.4, -0.2) is 12.1 Å². The molecule has 0 spiro atoms. The number of benzene rings is 1. The van der Waals surface area contributed by atoms with E-state index in [1.807, 2.05) is 12.1 Å². The van der Waals surface area contributed by atoms with Gasteiger partial charge < -0.3 is 5.32 Å². The lowest BCUT2D eigenvalue weighted by Gasteiger charge is -2.22. The first-order valence-corrected chi connectivity index (χ1v) is 7.62. The molecule has 0 saturated heterocycles. The Labute approximate surface area is 116 Å². The zero-order valence-electron chi connectivity index (χ0n) is 11.3. The Morgan fingerprint density at radius 3 is 2.61 bits per heavy atom. The molecule has 1 aliphatic rings. The van der Waals surface area contributed by atoms with Crippen LogP contribution in [-0.2, 0) is 6.42 Å². The molecule has 2 heteroatoms. The molecule has 1 N–H and O–H groups in total. The van der Waals surface area contributed by atoms with Crippen LogP contribution in [0.15, 0.2) is 24.3 Å². The normalized spacial score (nSPS) is 19.4. The minimum absolute atomic E-state index is 0.534. The van der Waals surface area contributed by atoms with Crippen LogP contribution >= 0.6 is 11.6 Å². The SMILES string of the molecule is CC(Cc1cccc(Cl)c1)NC1CCCCCC1. The summed E-state index contributed by atoms with van der Waals surface area (Å²) in [6.07, 6.45) is 9.38. The van der Waals surface area contributed by atoms with E-state index < -0.39 is 0 Å². The molecule has 18 heavy (non-hydrogen) atoms. The molecule has 100 valence electrons. The van der Waals surface area contributed by atoms with Crippen LogP contribution in [0, 0.1) is 0 Å². The van der Waals surface area contributed by atoms with E-state index in [4.69, 9.17) is 11.6 Å². The molecule has 0 aromatic heterocycles. The highest BCUT2D eigenvalue weighted by Crippen LogP contribution is 2.18. The fourth-order valence-corrected chi connectivity index (χ4v) is 3.14. The standard InChI is InChI=1S/C16H24ClN/c1-13(11-14-7-6-8-15(17)12-14)18-16-9-4-2-3-5-10-16/h6-8,12-13,16,18H,2-5,9-11H2,1H3. The number of hydrogen-bond donors (Lipinski definition) is 1. The molecular formula is C16H24ClN. The fraction of sp³-hybridized carbons (Fsp3) is 0.625. The molecule has 2 rings (SSSR count). The van der Waals surface area contributed by atoms with Gasteiger partial charge in [0.05, 0.1) is 0 Å². The average molecular weight is 266 g/mol. The number of halogens is 1.